The maximum atomic E-state index is 5.29. The second-order valence-electron chi connectivity index (χ2n) is 2.37. The van der Waals surface area contributed by atoms with Gasteiger partial charge in [-0.05, 0) is 13.0 Å². The van der Waals surface area contributed by atoms with E-state index in [4.69, 9.17) is 14.2 Å². The van der Waals surface area contributed by atoms with Gasteiger partial charge in [0.1, 0.15) is 5.75 Å². The molecule has 0 spiro atoms. The van der Waals surface area contributed by atoms with E-state index in [2.05, 4.69) is 6.07 Å². The summed E-state index contributed by atoms with van der Waals surface area (Å²) in [6.45, 7) is 2.51. The molecule has 0 heterocycles. The molecule has 0 amide bonds. The zero-order valence-corrected chi connectivity index (χ0v) is 8.09. The van der Waals surface area contributed by atoms with Gasteiger partial charge < -0.3 is 14.2 Å². The molecule has 0 aliphatic carbocycles. The van der Waals surface area contributed by atoms with Crippen LogP contribution in [0.2, 0.25) is 0 Å². The summed E-state index contributed by atoms with van der Waals surface area (Å²) in [7, 11) is 3.19. The lowest BCUT2D eigenvalue weighted by atomic mass is 10.3. The molecule has 13 heavy (non-hydrogen) atoms. The first kappa shape index (κ1) is 9.71. The fraction of sp³-hybridized carbons (Fsp3) is 0.400. The Kier molecular flexibility index (Phi) is 3.43. The van der Waals surface area contributed by atoms with Crippen LogP contribution in [0.25, 0.3) is 0 Å². The lowest BCUT2D eigenvalue weighted by Crippen LogP contribution is -1.95. The molecule has 3 nitrogen and oxygen atoms in total. The molecule has 1 aromatic rings. The summed E-state index contributed by atoms with van der Waals surface area (Å²) in [4.78, 5) is 0. The summed E-state index contributed by atoms with van der Waals surface area (Å²) in [5.74, 6) is 1.97. The molecule has 1 aromatic carbocycles. The highest BCUT2D eigenvalue weighted by molar-refractivity contribution is 5.44. The van der Waals surface area contributed by atoms with Crippen LogP contribution in [0, 0.1) is 6.07 Å². The molecule has 0 N–H and O–H groups in total. The van der Waals surface area contributed by atoms with E-state index in [1.54, 1.807) is 26.4 Å². The summed E-state index contributed by atoms with van der Waals surface area (Å²) >= 11 is 0. The van der Waals surface area contributed by atoms with Crippen LogP contribution in [0.5, 0.6) is 17.2 Å². The summed E-state index contributed by atoms with van der Waals surface area (Å²) in [6.07, 6.45) is 0. The molecule has 0 saturated carbocycles. The Morgan fingerprint density at radius 3 is 2.62 bits per heavy atom. The third-order valence-corrected chi connectivity index (χ3v) is 1.59. The third kappa shape index (κ3) is 2.28. The Morgan fingerprint density at radius 1 is 1.31 bits per heavy atom. The summed E-state index contributed by atoms with van der Waals surface area (Å²) in [6, 6.07) is 6.42. The van der Waals surface area contributed by atoms with E-state index in [9.17, 15) is 0 Å². The van der Waals surface area contributed by atoms with Gasteiger partial charge in [0, 0.05) is 12.1 Å². The largest absolute Gasteiger partial charge is 0.497 e. The first-order valence-corrected chi connectivity index (χ1v) is 4.08. The van der Waals surface area contributed by atoms with Gasteiger partial charge in [-0.25, -0.2) is 0 Å². The van der Waals surface area contributed by atoms with Gasteiger partial charge >= 0.3 is 0 Å². The molecular weight excluding hydrogens is 168 g/mol. The predicted octanol–water partition coefficient (Wildman–Crippen LogP) is 1.90. The average Bonchev–Trinajstić information content (AvgIpc) is 2.19. The molecule has 0 fully saturated rings. The maximum absolute atomic E-state index is 5.29. The molecule has 0 bridgehead atoms. The quantitative estimate of drug-likeness (QED) is 0.710. The normalized spacial score (nSPS) is 9.46. The van der Waals surface area contributed by atoms with Crippen molar-refractivity contribution in [1.29, 1.82) is 0 Å². The molecule has 0 aromatic heterocycles. The Balaban J connectivity index is 2.93. The highest BCUT2D eigenvalue weighted by atomic mass is 16.5. The second-order valence-corrected chi connectivity index (χ2v) is 2.37. The van der Waals surface area contributed by atoms with E-state index in [0.29, 0.717) is 23.9 Å². The SMILES string of the molecule is CCOc1[c]cc(OC)cc1OC. The number of hydrogen-bond acceptors (Lipinski definition) is 3. The smallest absolute Gasteiger partial charge is 0.169 e. The van der Waals surface area contributed by atoms with Gasteiger partial charge in [0.05, 0.1) is 20.8 Å². The van der Waals surface area contributed by atoms with Crippen molar-refractivity contribution in [2.24, 2.45) is 0 Å². The highest BCUT2D eigenvalue weighted by Gasteiger charge is 2.04. The van der Waals surface area contributed by atoms with E-state index < -0.39 is 0 Å². The minimum atomic E-state index is 0.596. The van der Waals surface area contributed by atoms with Gasteiger partial charge in [0.15, 0.2) is 11.5 Å². The molecule has 1 radical (unpaired) electrons. The van der Waals surface area contributed by atoms with E-state index in [0.717, 1.165) is 0 Å². The molecule has 71 valence electrons. The molecule has 0 saturated heterocycles. The second kappa shape index (κ2) is 4.60. The van der Waals surface area contributed by atoms with Crippen molar-refractivity contribution in [3.8, 4) is 17.2 Å². The fourth-order valence-corrected chi connectivity index (χ4v) is 0.971. The number of rotatable bonds is 4. The van der Waals surface area contributed by atoms with Gasteiger partial charge in [-0.3, -0.25) is 0 Å². The fourth-order valence-electron chi connectivity index (χ4n) is 0.971. The Bertz CT molecular complexity index is 271. The Labute approximate surface area is 78.2 Å². The molecular formula is C10H13O3. The minimum absolute atomic E-state index is 0.596. The molecule has 0 aliphatic rings. The Hall–Kier alpha value is -1.38. The number of methoxy groups -OCH3 is 2. The maximum Gasteiger partial charge on any atom is 0.169 e. The monoisotopic (exact) mass is 181 g/mol. The van der Waals surface area contributed by atoms with Gasteiger partial charge in [-0.1, -0.05) is 0 Å². The van der Waals surface area contributed by atoms with Crippen LogP contribution in [-0.4, -0.2) is 20.8 Å². The third-order valence-electron chi connectivity index (χ3n) is 1.59. The Morgan fingerprint density at radius 2 is 2.08 bits per heavy atom. The van der Waals surface area contributed by atoms with Crippen LogP contribution in [-0.2, 0) is 0 Å². The molecule has 0 aliphatic heterocycles. The van der Waals surface area contributed by atoms with Gasteiger partial charge in [0.2, 0.25) is 0 Å². The van der Waals surface area contributed by atoms with Crippen LogP contribution in [0.15, 0.2) is 12.1 Å². The number of ether oxygens (including phenoxy) is 3. The lowest BCUT2D eigenvalue weighted by Gasteiger charge is -2.09. The van der Waals surface area contributed by atoms with Crippen molar-refractivity contribution in [3.05, 3.63) is 18.2 Å². The van der Waals surface area contributed by atoms with Crippen molar-refractivity contribution >= 4 is 0 Å². The van der Waals surface area contributed by atoms with E-state index >= 15 is 0 Å². The van der Waals surface area contributed by atoms with Crippen molar-refractivity contribution < 1.29 is 14.2 Å². The summed E-state index contributed by atoms with van der Waals surface area (Å²) < 4.78 is 15.4. The predicted molar refractivity (Wildman–Crippen MR) is 49.6 cm³/mol. The van der Waals surface area contributed by atoms with Crippen LogP contribution in [0.4, 0.5) is 0 Å². The first-order chi connectivity index (χ1) is 6.31. The van der Waals surface area contributed by atoms with Crippen molar-refractivity contribution in [1.82, 2.24) is 0 Å². The summed E-state index contributed by atoms with van der Waals surface area (Å²) in [5, 5.41) is 0. The zero-order chi connectivity index (χ0) is 9.68. The molecule has 3 heteroatoms. The van der Waals surface area contributed by atoms with E-state index in [1.165, 1.54) is 0 Å². The molecule has 1 rings (SSSR count). The standard InChI is InChI=1S/C10H13O3/c1-4-13-9-6-5-8(11-2)7-10(9)12-3/h5,7H,4H2,1-3H3. The number of benzene rings is 1. The zero-order valence-electron chi connectivity index (χ0n) is 8.09. The van der Waals surface area contributed by atoms with Crippen molar-refractivity contribution in [2.75, 3.05) is 20.8 Å². The van der Waals surface area contributed by atoms with Gasteiger partial charge in [-0.15, -0.1) is 0 Å². The molecule has 0 unspecified atom stereocenters. The lowest BCUT2D eigenvalue weighted by molar-refractivity contribution is 0.308. The highest BCUT2D eigenvalue weighted by Crippen LogP contribution is 2.30. The van der Waals surface area contributed by atoms with Crippen LogP contribution >= 0.6 is 0 Å². The van der Waals surface area contributed by atoms with Gasteiger partial charge in [0.25, 0.3) is 0 Å². The number of hydrogen-bond donors (Lipinski definition) is 0. The van der Waals surface area contributed by atoms with Crippen molar-refractivity contribution in [3.63, 3.8) is 0 Å². The average molecular weight is 181 g/mol. The first-order valence-electron chi connectivity index (χ1n) is 4.08. The minimum Gasteiger partial charge on any atom is -0.497 e. The van der Waals surface area contributed by atoms with Crippen LogP contribution in [0.1, 0.15) is 6.92 Å². The van der Waals surface area contributed by atoms with Crippen LogP contribution < -0.4 is 14.2 Å². The van der Waals surface area contributed by atoms with Gasteiger partial charge in [-0.2, -0.15) is 0 Å². The van der Waals surface area contributed by atoms with Crippen molar-refractivity contribution in [2.45, 2.75) is 6.92 Å². The van der Waals surface area contributed by atoms with Crippen LogP contribution in [0.3, 0.4) is 0 Å². The van der Waals surface area contributed by atoms with E-state index in [1.807, 2.05) is 6.92 Å². The topological polar surface area (TPSA) is 27.7 Å². The molecule has 0 atom stereocenters. The van der Waals surface area contributed by atoms with E-state index in [-0.39, 0.29) is 0 Å². The summed E-state index contributed by atoms with van der Waals surface area (Å²) in [5.41, 5.74) is 0.